The molecule has 15 heteroatoms. The number of urea groups is 1. The second-order valence-corrected chi connectivity index (χ2v) is 17.8. The topological polar surface area (TPSA) is 176 Å². The van der Waals surface area contributed by atoms with Gasteiger partial charge in [0.2, 0.25) is 27.7 Å². The number of carbonyl (C=O) groups is 4. The molecule has 0 spiro atoms. The Kier molecular flexibility index (Phi) is 10.1. The number of nitrogens with one attached hydrogen (secondary N) is 3. The summed E-state index contributed by atoms with van der Waals surface area (Å²) < 4.78 is 39.3. The van der Waals surface area contributed by atoms with Gasteiger partial charge in [0.25, 0.3) is 5.91 Å². The van der Waals surface area contributed by atoms with Crippen LogP contribution in [0.4, 0.5) is 4.79 Å². The number of hydrogen-bond donors (Lipinski definition) is 3. The third kappa shape index (κ3) is 7.92. The van der Waals surface area contributed by atoms with Crippen LogP contribution < -0.4 is 24.8 Å². The number of fused-ring (bicyclic) bond motifs is 1. The first-order valence-electron chi connectivity index (χ1n) is 17.2. The number of methoxy groups -OCH3 is 1. The molecule has 2 heterocycles. The maximum atomic E-state index is 14.6. The first-order valence-corrected chi connectivity index (χ1v) is 18.7. The van der Waals surface area contributed by atoms with E-state index in [1.54, 1.807) is 26.4 Å². The summed E-state index contributed by atoms with van der Waals surface area (Å²) in [6, 6.07) is 4.62. The summed E-state index contributed by atoms with van der Waals surface area (Å²) in [5.41, 5.74) is -2.85. The molecule has 1 aromatic carbocycles. The average Bonchev–Trinajstić information content (AvgIpc) is 3.98. The van der Waals surface area contributed by atoms with Crippen LogP contribution in [0.3, 0.4) is 0 Å². The summed E-state index contributed by atoms with van der Waals surface area (Å²) in [5, 5.41) is 6.57. The molecule has 2 aliphatic carbocycles. The van der Waals surface area contributed by atoms with Crippen LogP contribution in [0.1, 0.15) is 67.2 Å². The number of ether oxygens (including phenoxy) is 2. The minimum absolute atomic E-state index is 0.0250. The van der Waals surface area contributed by atoms with Crippen LogP contribution in [-0.4, -0.2) is 102 Å². The molecule has 5 amide bonds. The number of amides is 5. The van der Waals surface area contributed by atoms with Crippen molar-refractivity contribution in [1.82, 2.24) is 30.1 Å². The van der Waals surface area contributed by atoms with Gasteiger partial charge in [-0.05, 0) is 75.1 Å². The van der Waals surface area contributed by atoms with Gasteiger partial charge in [-0.2, -0.15) is 0 Å². The lowest BCUT2D eigenvalue weighted by molar-refractivity contribution is -0.142. The van der Waals surface area contributed by atoms with E-state index in [0.717, 1.165) is 5.39 Å². The van der Waals surface area contributed by atoms with Crippen molar-refractivity contribution < 1.29 is 37.1 Å². The molecule has 51 heavy (non-hydrogen) atoms. The molecule has 5 atom stereocenters. The lowest BCUT2D eigenvalue weighted by atomic mass is 9.85. The van der Waals surface area contributed by atoms with E-state index in [0.29, 0.717) is 29.9 Å². The minimum Gasteiger partial charge on any atom is -0.497 e. The number of nitrogens with zero attached hydrogens (tertiary/aromatic N) is 3. The molecule has 14 nitrogen and oxygen atoms in total. The Bertz CT molecular complexity index is 1830. The number of hydrogen-bond acceptors (Lipinski definition) is 9. The average molecular weight is 727 g/mol. The molecule has 1 aromatic heterocycles. The first-order chi connectivity index (χ1) is 23.7. The molecular weight excluding hydrogens is 676 g/mol. The minimum atomic E-state index is -3.89. The fraction of sp³-hybridized carbons (Fsp3) is 0.583. The fourth-order valence-electron chi connectivity index (χ4n) is 6.24. The van der Waals surface area contributed by atoms with Crippen molar-refractivity contribution in [2.24, 2.45) is 11.3 Å². The summed E-state index contributed by atoms with van der Waals surface area (Å²) in [4.78, 5) is 63.0. The normalized spacial score (nSPS) is 23.9. The molecule has 2 aromatic rings. The summed E-state index contributed by atoms with van der Waals surface area (Å²) in [6.45, 7) is 14.8. The predicted molar refractivity (Wildman–Crippen MR) is 191 cm³/mol. The Labute approximate surface area is 299 Å². The number of benzene rings is 1. The van der Waals surface area contributed by atoms with Gasteiger partial charge < -0.3 is 29.9 Å². The van der Waals surface area contributed by atoms with Gasteiger partial charge in [0.1, 0.15) is 29.5 Å². The smallest absolute Gasteiger partial charge is 0.318 e. The van der Waals surface area contributed by atoms with Crippen LogP contribution in [0.5, 0.6) is 11.6 Å². The number of pyridine rings is 1. The molecule has 3 N–H and O–H groups in total. The van der Waals surface area contributed by atoms with E-state index in [4.69, 9.17) is 9.47 Å². The molecule has 3 fully saturated rings. The van der Waals surface area contributed by atoms with Crippen LogP contribution in [0.25, 0.3) is 10.8 Å². The van der Waals surface area contributed by atoms with Crippen LogP contribution in [-0.2, 0) is 24.4 Å². The van der Waals surface area contributed by atoms with Gasteiger partial charge >= 0.3 is 6.03 Å². The Morgan fingerprint density at radius 3 is 2.37 bits per heavy atom. The molecule has 1 saturated heterocycles. The lowest BCUT2D eigenvalue weighted by Gasteiger charge is -2.38. The Morgan fingerprint density at radius 2 is 1.80 bits per heavy atom. The maximum Gasteiger partial charge on any atom is 0.318 e. The van der Waals surface area contributed by atoms with Crippen LogP contribution >= 0.6 is 0 Å². The van der Waals surface area contributed by atoms with Gasteiger partial charge in [0.15, 0.2) is 0 Å². The van der Waals surface area contributed by atoms with Gasteiger partial charge in [-0.1, -0.05) is 26.8 Å². The van der Waals surface area contributed by atoms with E-state index in [2.05, 4.69) is 26.9 Å². The third-order valence-corrected chi connectivity index (χ3v) is 11.8. The molecule has 0 bridgehead atoms. The van der Waals surface area contributed by atoms with Crippen molar-refractivity contribution in [3.8, 4) is 11.6 Å². The van der Waals surface area contributed by atoms with Crippen LogP contribution in [0, 0.1) is 11.3 Å². The van der Waals surface area contributed by atoms with Crippen molar-refractivity contribution in [2.45, 2.75) is 102 Å². The molecule has 278 valence electrons. The van der Waals surface area contributed by atoms with Crippen LogP contribution in [0.2, 0.25) is 0 Å². The molecule has 0 radical (unpaired) electrons. The fourth-order valence-corrected chi connectivity index (χ4v) is 7.60. The van der Waals surface area contributed by atoms with E-state index in [1.165, 1.54) is 15.9 Å². The first kappa shape index (κ1) is 37.8. The Morgan fingerprint density at radius 1 is 1.12 bits per heavy atom. The van der Waals surface area contributed by atoms with Gasteiger partial charge in [0.05, 0.1) is 18.9 Å². The van der Waals surface area contributed by atoms with Crippen molar-refractivity contribution >= 4 is 44.5 Å². The van der Waals surface area contributed by atoms with E-state index < -0.39 is 79.6 Å². The maximum absolute atomic E-state index is 14.6. The van der Waals surface area contributed by atoms with Crippen molar-refractivity contribution in [2.75, 3.05) is 20.7 Å². The van der Waals surface area contributed by atoms with Crippen molar-refractivity contribution in [3.63, 3.8) is 0 Å². The zero-order valence-electron chi connectivity index (χ0n) is 30.6. The number of rotatable bonds is 11. The SMILES string of the molecule is C=CC1C[C@]1(NC(=O)[C@@H]1C[C@@H](Oc2nccc3cc(OC)ccc23)CN1C(=O)[C@@H](NC(=O)N(C)C(C)(C)C)C(C)(C)C)C(=O)NS(=O)(=O)C1CC1. The zero-order valence-corrected chi connectivity index (χ0v) is 31.4. The van der Waals surface area contributed by atoms with E-state index >= 15 is 0 Å². The second-order valence-electron chi connectivity index (χ2n) is 15.8. The standard InChI is InChI=1S/C36H50N6O8S/c1-10-22-19-36(22,32(45)40-51(47,48)25-12-13-25)39-29(43)27-18-24(50-30-26-14-11-23(49-9)17-21(26)15-16-37-30)20-42(27)31(44)28(34(2,3)4)38-33(46)41(8)35(5,6)7/h10-11,14-17,22,24-25,27-28H,1,12-13,18-20H2,2-9H3,(H,38,46)(H,39,43)(H,40,45)/t22?,24-,27+,28-,36-/m1/s1. The molecule has 1 aliphatic heterocycles. The number of sulfonamides is 1. The molecule has 2 saturated carbocycles. The summed E-state index contributed by atoms with van der Waals surface area (Å²) in [6.07, 6.45) is 3.51. The number of aromatic nitrogens is 1. The van der Waals surface area contributed by atoms with Gasteiger partial charge in [0, 0.05) is 36.5 Å². The second kappa shape index (κ2) is 13.6. The quantitative estimate of drug-likeness (QED) is 0.294. The Hall–Kier alpha value is -4.40. The summed E-state index contributed by atoms with van der Waals surface area (Å²) in [5.74, 6) is -1.56. The van der Waals surface area contributed by atoms with Gasteiger partial charge in [-0.25, -0.2) is 18.2 Å². The molecule has 3 aliphatic rings. The van der Waals surface area contributed by atoms with E-state index in [-0.39, 0.29) is 19.4 Å². The lowest BCUT2D eigenvalue weighted by Crippen LogP contribution is -2.61. The predicted octanol–water partition coefficient (Wildman–Crippen LogP) is 3.12. The number of likely N-dealkylation sites (tertiary alicyclic amines) is 1. The number of carbonyl (C=O) groups excluding carboxylic acids is 4. The highest BCUT2D eigenvalue weighted by atomic mass is 32.2. The largest absolute Gasteiger partial charge is 0.497 e. The van der Waals surface area contributed by atoms with Crippen LogP contribution in [0.15, 0.2) is 43.1 Å². The summed E-state index contributed by atoms with van der Waals surface area (Å²) in [7, 11) is -0.679. The molecular formula is C36H50N6O8S. The zero-order chi connectivity index (χ0) is 37.7. The van der Waals surface area contributed by atoms with Crippen molar-refractivity contribution in [3.05, 3.63) is 43.1 Å². The highest BCUT2D eigenvalue weighted by Crippen LogP contribution is 2.45. The van der Waals surface area contributed by atoms with Gasteiger partial charge in [-0.3, -0.25) is 19.1 Å². The Balaban J connectivity index is 1.45. The summed E-state index contributed by atoms with van der Waals surface area (Å²) >= 11 is 0. The molecule has 1 unspecified atom stereocenters. The monoisotopic (exact) mass is 726 g/mol. The highest BCUT2D eigenvalue weighted by molar-refractivity contribution is 7.91. The highest BCUT2D eigenvalue weighted by Gasteiger charge is 2.62. The van der Waals surface area contributed by atoms with Gasteiger partial charge in [-0.15, -0.1) is 6.58 Å². The molecule has 5 rings (SSSR count). The van der Waals surface area contributed by atoms with E-state index in [1.807, 2.05) is 59.7 Å². The van der Waals surface area contributed by atoms with E-state index in [9.17, 15) is 27.6 Å². The third-order valence-electron chi connectivity index (χ3n) is 10.0. The van der Waals surface area contributed by atoms with Crippen molar-refractivity contribution in [1.29, 1.82) is 0 Å².